The van der Waals surface area contributed by atoms with Crippen molar-refractivity contribution in [1.29, 1.82) is 0 Å². The largest absolute Gasteiger partial charge is 0.302 e. The molecule has 0 atom stereocenters. The maximum absolute atomic E-state index is 11.1. The molecule has 1 amide bonds. The zero-order valence-electron chi connectivity index (χ0n) is 13.1. The molecule has 1 N–H and O–H groups in total. The van der Waals surface area contributed by atoms with Crippen LogP contribution in [0.15, 0.2) is 12.1 Å². The second-order valence-electron chi connectivity index (χ2n) is 6.16. The lowest BCUT2D eigenvalue weighted by molar-refractivity contribution is -0.114. The average molecular weight is 317 g/mol. The molecule has 1 aliphatic carbocycles. The van der Waals surface area contributed by atoms with Gasteiger partial charge in [-0.3, -0.25) is 4.79 Å². The monoisotopic (exact) mass is 317 g/mol. The fourth-order valence-electron chi connectivity index (χ4n) is 3.19. The van der Waals surface area contributed by atoms with Crippen molar-refractivity contribution in [2.24, 2.45) is 0 Å². The van der Waals surface area contributed by atoms with Crippen LogP contribution < -0.4 is 5.32 Å². The van der Waals surface area contributed by atoms with Gasteiger partial charge in [0.15, 0.2) is 5.13 Å². The highest BCUT2D eigenvalue weighted by atomic mass is 32.1. The van der Waals surface area contributed by atoms with Crippen LogP contribution in [0.25, 0.3) is 10.3 Å². The maximum Gasteiger partial charge on any atom is 0.223 e. The summed E-state index contributed by atoms with van der Waals surface area (Å²) in [7, 11) is 0. The van der Waals surface area contributed by atoms with Gasteiger partial charge in [0.05, 0.1) is 0 Å². The van der Waals surface area contributed by atoms with E-state index in [2.05, 4.69) is 16.4 Å². The van der Waals surface area contributed by atoms with Gasteiger partial charge in [-0.25, -0.2) is 9.97 Å². The maximum atomic E-state index is 11.1. The SMILES string of the molecule is CC(=O)Nc1nc2ccc(C3CCCCCCCC3)nc2s1. The molecule has 22 heavy (non-hydrogen) atoms. The molecule has 0 aliphatic heterocycles. The van der Waals surface area contributed by atoms with Gasteiger partial charge < -0.3 is 5.32 Å². The Morgan fingerprint density at radius 1 is 1.09 bits per heavy atom. The van der Waals surface area contributed by atoms with Gasteiger partial charge in [-0.1, -0.05) is 49.9 Å². The number of carbonyl (C=O) groups excluding carboxylic acids is 1. The highest BCUT2D eigenvalue weighted by Crippen LogP contribution is 2.32. The molecular formula is C17H23N3OS. The first-order valence-electron chi connectivity index (χ1n) is 8.27. The minimum absolute atomic E-state index is 0.0875. The predicted octanol–water partition coefficient (Wildman–Crippen LogP) is 4.87. The third kappa shape index (κ3) is 3.83. The summed E-state index contributed by atoms with van der Waals surface area (Å²) in [4.78, 5) is 21.3. The number of pyridine rings is 1. The van der Waals surface area contributed by atoms with E-state index in [0.29, 0.717) is 11.0 Å². The van der Waals surface area contributed by atoms with Crippen LogP contribution in [-0.4, -0.2) is 15.9 Å². The molecule has 3 rings (SSSR count). The van der Waals surface area contributed by atoms with Gasteiger partial charge in [-0.15, -0.1) is 0 Å². The fraction of sp³-hybridized carbons (Fsp3) is 0.588. The number of carbonyl (C=O) groups is 1. The molecule has 118 valence electrons. The van der Waals surface area contributed by atoms with Crippen LogP contribution in [-0.2, 0) is 4.79 Å². The molecule has 2 aromatic rings. The molecule has 2 aromatic heterocycles. The van der Waals surface area contributed by atoms with E-state index in [9.17, 15) is 4.79 Å². The molecule has 0 radical (unpaired) electrons. The van der Waals surface area contributed by atoms with E-state index in [1.54, 1.807) is 0 Å². The number of rotatable bonds is 2. The molecule has 1 saturated carbocycles. The first-order chi connectivity index (χ1) is 10.7. The van der Waals surface area contributed by atoms with Crippen LogP contribution in [0.3, 0.4) is 0 Å². The lowest BCUT2D eigenvalue weighted by Crippen LogP contribution is -2.04. The Labute approximate surface area is 135 Å². The minimum Gasteiger partial charge on any atom is -0.302 e. The lowest BCUT2D eigenvalue weighted by atomic mass is 9.93. The molecule has 0 saturated heterocycles. The Bertz CT molecular complexity index is 642. The van der Waals surface area contributed by atoms with Gasteiger partial charge in [0, 0.05) is 18.5 Å². The van der Waals surface area contributed by atoms with Crippen molar-refractivity contribution < 1.29 is 4.79 Å². The second-order valence-corrected chi connectivity index (χ2v) is 7.13. The smallest absolute Gasteiger partial charge is 0.223 e. The third-order valence-corrected chi connectivity index (χ3v) is 5.21. The van der Waals surface area contributed by atoms with E-state index in [1.165, 1.54) is 75.3 Å². The van der Waals surface area contributed by atoms with Crippen molar-refractivity contribution in [2.75, 3.05) is 5.32 Å². The molecule has 0 unspecified atom stereocenters. The van der Waals surface area contributed by atoms with Gasteiger partial charge in [0.1, 0.15) is 10.3 Å². The zero-order chi connectivity index (χ0) is 15.4. The van der Waals surface area contributed by atoms with Crippen LogP contribution in [0, 0.1) is 0 Å². The van der Waals surface area contributed by atoms with Gasteiger partial charge in [0.25, 0.3) is 0 Å². The van der Waals surface area contributed by atoms with Crippen molar-refractivity contribution in [3.63, 3.8) is 0 Å². The Hall–Kier alpha value is -1.49. The highest BCUT2D eigenvalue weighted by Gasteiger charge is 2.16. The van der Waals surface area contributed by atoms with Gasteiger partial charge >= 0.3 is 0 Å². The number of thiazole rings is 1. The summed E-state index contributed by atoms with van der Waals surface area (Å²) in [5.74, 6) is 0.490. The number of fused-ring (bicyclic) bond motifs is 1. The number of nitrogens with one attached hydrogen (secondary N) is 1. The van der Waals surface area contributed by atoms with E-state index in [-0.39, 0.29) is 5.91 Å². The van der Waals surface area contributed by atoms with E-state index in [1.807, 2.05) is 6.07 Å². The van der Waals surface area contributed by atoms with E-state index in [4.69, 9.17) is 4.98 Å². The fourth-order valence-corrected chi connectivity index (χ4v) is 4.08. The van der Waals surface area contributed by atoms with Gasteiger partial charge in [-0.05, 0) is 25.0 Å². The average Bonchev–Trinajstić information content (AvgIpc) is 2.92. The summed E-state index contributed by atoms with van der Waals surface area (Å²) in [5, 5.41) is 3.39. The summed E-state index contributed by atoms with van der Waals surface area (Å²) in [6, 6.07) is 4.17. The summed E-state index contributed by atoms with van der Waals surface area (Å²) in [6.45, 7) is 1.50. The zero-order valence-corrected chi connectivity index (χ0v) is 13.9. The van der Waals surface area contributed by atoms with Gasteiger partial charge in [0.2, 0.25) is 5.91 Å². The molecule has 0 bridgehead atoms. The van der Waals surface area contributed by atoms with E-state index >= 15 is 0 Å². The third-order valence-electron chi connectivity index (χ3n) is 4.33. The van der Waals surface area contributed by atoms with Crippen LogP contribution in [0.4, 0.5) is 5.13 Å². The van der Waals surface area contributed by atoms with Crippen molar-refractivity contribution >= 4 is 32.7 Å². The highest BCUT2D eigenvalue weighted by molar-refractivity contribution is 7.21. The molecule has 1 fully saturated rings. The summed E-state index contributed by atoms with van der Waals surface area (Å²) >= 11 is 1.46. The number of hydrogen-bond acceptors (Lipinski definition) is 4. The minimum atomic E-state index is -0.0875. The first kappa shape index (κ1) is 15.4. The molecule has 5 heteroatoms. The molecule has 1 aliphatic rings. The number of aromatic nitrogens is 2. The topological polar surface area (TPSA) is 54.9 Å². The molecule has 2 heterocycles. The second kappa shape index (κ2) is 7.18. The normalized spacial score (nSPS) is 17.7. The van der Waals surface area contributed by atoms with Crippen molar-refractivity contribution in [3.8, 4) is 0 Å². The van der Waals surface area contributed by atoms with E-state index < -0.39 is 0 Å². The Morgan fingerprint density at radius 2 is 1.77 bits per heavy atom. The van der Waals surface area contributed by atoms with Crippen LogP contribution >= 0.6 is 11.3 Å². The number of hydrogen-bond donors (Lipinski definition) is 1. The van der Waals surface area contributed by atoms with Crippen molar-refractivity contribution in [1.82, 2.24) is 9.97 Å². The molecule has 4 nitrogen and oxygen atoms in total. The molecular weight excluding hydrogens is 294 g/mol. The standard InChI is InChI=1S/C17H23N3OS/c1-12(21)18-17-20-15-11-10-14(19-16(15)22-17)13-8-6-4-2-3-5-7-9-13/h10-11,13H,2-9H2,1H3,(H,18,20,21). The number of amides is 1. The summed E-state index contributed by atoms with van der Waals surface area (Å²) in [5.41, 5.74) is 2.08. The summed E-state index contributed by atoms with van der Waals surface area (Å²) < 4.78 is 0. The number of nitrogens with zero attached hydrogens (tertiary/aromatic N) is 2. The van der Waals surface area contributed by atoms with Crippen molar-refractivity contribution in [3.05, 3.63) is 17.8 Å². The summed E-state index contributed by atoms with van der Waals surface area (Å²) in [6.07, 6.45) is 10.6. The van der Waals surface area contributed by atoms with Crippen LogP contribution in [0.5, 0.6) is 0 Å². The molecule has 0 aromatic carbocycles. The number of anilines is 1. The van der Waals surface area contributed by atoms with Crippen molar-refractivity contribution in [2.45, 2.75) is 64.2 Å². The predicted molar refractivity (Wildman–Crippen MR) is 91.4 cm³/mol. The van der Waals surface area contributed by atoms with Crippen LogP contribution in [0.2, 0.25) is 0 Å². The lowest BCUT2D eigenvalue weighted by Gasteiger charge is -2.15. The Morgan fingerprint density at radius 3 is 2.45 bits per heavy atom. The Balaban J connectivity index is 1.81. The first-order valence-corrected chi connectivity index (χ1v) is 9.09. The Kier molecular flexibility index (Phi) is 5.03. The van der Waals surface area contributed by atoms with E-state index in [0.717, 1.165) is 10.3 Å². The molecule has 0 spiro atoms. The van der Waals surface area contributed by atoms with Crippen LogP contribution in [0.1, 0.15) is 69.9 Å². The quantitative estimate of drug-likeness (QED) is 0.860. The van der Waals surface area contributed by atoms with Gasteiger partial charge in [-0.2, -0.15) is 0 Å².